The molecule has 0 bridgehead atoms. The Balaban J connectivity index is 2.40. The first-order valence-electron chi connectivity index (χ1n) is 6.26. The van der Waals surface area contributed by atoms with Crippen LogP contribution in [0.4, 0.5) is 0 Å². The number of hydrogen-bond donors (Lipinski definition) is 1. The molecule has 2 unspecified atom stereocenters. The molecular formula is C13H16BrNO4S. The van der Waals surface area contributed by atoms with Crippen molar-refractivity contribution in [2.24, 2.45) is 11.8 Å². The molecule has 110 valence electrons. The lowest BCUT2D eigenvalue weighted by Gasteiger charge is -2.16. The maximum atomic E-state index is 12.5. The van der Waals surface area contributed by atoms with Crippen molar-refractivity contribution in [2.45, 2.75) is 18.7 Å². The van der Waals surface area contributed by atoms with Gasteiger partial charge in [0.15, 0.2) is 0 Å². The quantitative estimate of drug-likeness (QED) is 0.896. The summed E-state index contributed by atoms with van der Waals surface area (Å²) in [5, 5.41) is 9.07. The zero-order valence-corrected chi connectivity index (χ0v) is 13.6. The number of rotatable bonds is 3. The maximum Gasteiger partial charge on any atom is 0.336 e. The van der Waals surface area contributed by atoms with Gasteiger partial charge in [-0.15, -0.1) is 0 Å². The van der Waals surface area contributed by atoms with Gasteiger partial charge in [-0.25, -0.2) is 13.2 Å². The van der Waals surface area contributed by atoms with E-state index in [0.717, 1.165) is 0 Å². The van der Waals surface area contributed by atoms with Crippen molar-refractivity contribution in [3.63, 3.8) is 0 Å². The summed E-state index contributed by atoms with van der Waals surface area (Å²) < 4.78 is 26.9. The fourth-order valence-electron chi connectivity index (χ4n) is 2.25. The van der Waals surface area contributed by atoms with Gasteiger partial charge in [0.1, 0.15) is 0 Å². The number of carboxylic acids is 1. The Morgan fingerprint density at radius 3 is 2.35 bits per heavy atom. The lowest BCUT2D eigenvalue weighted by atomic mass is 10.0. The van der Waals surface area contributed by atoms with Crippen LogP contribution < -0.4 is 0 Å². The number of halogens is 1. The molecule has 2 rings (SSSR count). The third-order valence-corrected chi connectivity index (χ3v) is 6.28. The molecule has 1 aliphatic heterocycles. The van der Waals surface area contributed by atoms with Crippen LogP contribution in [0.3, 0.4) is 0 Å². The van der Waals surface area contributed by atoms with E-state index in [4.69, 9.17) is 5.11 Å². The highest BCUT2D eigenvalue weighted by molar-refractivity contribution is 9.10. The Kier molecular flexibility index (Phi) is 4.22. The summed E-state index contributed by atoms with van der Waals surface area (Å²) in [5.74, 6) is -0.546. The predicted molar refractivity (Wildman–Crippen MR) is 78.2 cm³/mol. The van der Waals surface area contributed by atoms with Crippen LogP contribution in [0.15, 0.2) is 27.6 Å². The number of sulfonamides is 1. The summed E-state index contributed by atoms with van der Waals surface area (Å²) in [6, 6.07) is 4.09. The molecule has 1 fully saturated rings. The average Bonchev–Trinajstić information content (AvgIpc) is 2.70. The molecule has 0 aromatic heterocycles. The molecule has 1 saturated heterocycles. The molecule has 1 heterocycles. The number of aromatic carboxylic acids is 1. The molecule has 0 saturated carbocycles. The molecule has 5 nitrogen and oxygen atoms in total. The van der Waals surface area contributed by atoms with E-state index >= 15 is 0 Å². The zero-order chi connectivity index (χ0) is 15.1. The molecule has 1 N–H and O–H groups in total. The number of carboxylic acid groups (broad SMARTS) is 1. The molecule has 0 aliphatic carbocycles. The Morgan fingerprint density at radius 2 is 1.85 bits per heavy atom. The van der Waals surface area contributed by atoms with Gasteiger partial charge in [-0.05, 0) is 46.0 Å². The first-order valence-corrected chi connectivity index (χ1v) is 8.49. The summed E-state index contributed by atoms with van der Waals surface area (Å²) in [6.07, 6.45) is 0. The van der Waals surface area contributed by atoms with Crippen molar-refractivity contribution < 1.29 is 18.3 Å². The SMILES string of the molecule is CC1CN(S(=O)(=O)c2ccc(Br)c(C(=O)O)c2)CC1C. The minimum absolute atomic E-state index is 0.0272. The van der Waals surface area contributed by atoms with Gasteiger partial charge in [-0.2, -0.15) is 4.31 Å². The molecular weight excluding hydrogens is 346 g/mol. The van der Waals surface area contributed by atoms with Gasteiger partial charge < -0.3 is 5.11 Å². The van der Waals surface area contributed by atoms with E-state index in [-0.39, 0.29) is 10.5 Å². The van der Waals surface area contributed by atoms with Gasteiger partial charge in [0.25, 0.3) is 0 Å². The second-order valence-corrected chi connectivity index (χ2v) is 8.02. The Hall–Kier alpha value is -0.920. The molecule has 1 aromatic rings. The number of benzene rings is 1. The first kappa shape index (κ1) is 15.5. The lowest BCUT2D eigenvalue weighted by molar-refractivity contribution is 0.0695. The Morgan fingerprint density at radius 1 is 1.30 bits per heavy atom. The van der Waals surface area contributed by atoms with Crippen molar-refractivity contribution in [3.05, 3.63) is 28.2 Å². The van der Waals surface area contributed by atoms with Gasteiger partial charge in [-0.1, -0.05) is 13.8 Å². The van der Waals surface area contributed by atoms with Crippen LogP contribution in [0.25, 0.3) is 0 Å². The molecule has 2 atom stereocenters. The summed E-state index contributed by atoms with van der Waals surface area (Å²) >= 11 is 3.11. The standard InChI is InChI=1S/C13H16BrNO4S/c1-8-6-15(7-9(8)2)20(18,19)10-3-4-12(14)11(5-10)13(16)17/h3-5,8-9H,6-7H2,1-2H3,(H,16,17). The topological polar surface area (TPSA) is 74.7 Å². The van der Waals surface area contributed by atoms with E-state index in [1.807, 2.05) is 13.8 Å². The van der Waals surface area contributed by atoms with E-state index in [1.165, 1.54) is 22.5 Å². The van der Waals surface area contributed by atoms with E-state index < -0.39 is 16.0 Å². The van der Waals surface area contributed by atoms with Crippen LogP contribution >= 0.6 is 15.9 Å². The summed E-state index contributed by atoms with van der Waals surface area (Å²) in [6.45, 7) is 4.98. The van der Waals surface area contributed by atoms with Crippen LogP contribution in [0, 0.1) is 11.8 Å². The molecule has 1 aromatic carbocycles. The molecule has 7 heteroatoms. The van der Waals surface area contributed by atoms with E-state index in [9.17, 15) is 13.2 Å². The summed E-state index contributed by atoms with van der Waals surface area (Å²) in [7, 11) is -3.63. The maximum absolute atomic E-state index is 12.5. The largest absolute Gasteiger partial charge is 0.478 e. The van der Waals surface area contributed by atoms with E-state index in [2.05, 4.69) is 15.9 Å². The fourth-order valence-corrected chi connectivity index (χ4v) is 4.33. The fraction of sp³-hybridized carbons (Fsp3) is 0.462. The van der Waals surface area contributed by atoms with Crippen LogP contribution in [0.2, 0.25) is 0 Å². The second kappa shape index (κ2) is 5.46. The zero-order valence-electron chi connectivity index (χ0n) is 11.2. The highest BCUT2D eigenvalue weighted by Gasteiger charge is 2.35. The van der Waals surface area contributed by atoms with Gasteiger partial charge in [-0.3, -0.25) is 0 Å². The van der Waals surface area contributed by atoms with Crippen molar-refractivity contribution in [1.82, 2.24) is 4.31 Å². The third-order valence-electron chi connectivity index (χ3n) is 3.76. The van der Waals surface area contributed by atoms with Crippen molar-refractivity contribution in [2.75, 3.05) is 13.1 Å². The molecule has 0 spiro atoms. The van der Waals surface area contributed by atoms with Crippen molar-refractivity contribution in [1.29, 1.82) is 0 Å². The highest BCUT2D eigenvalue weighted by Crippen LogP contribution is 2.29. The van der Waals surface area contributed by atoms with Gasteiger partial charge in [0.05, 0.1) is 10.5 Å². The minimum Gasteiger partial charge on any atom is -0.478 e. The minimum atomic E-state index is -3.63. The highest BCUT2D eigenvalue weighted by atomic mass is 79.9. The Labute approximate surface area is 126 Å². The van der Waals surface area contributed by atoms with Crippen LogP contribution in [-0.2, 0) is 10.0 Å². The van der Waals surface area contributed by atoms with Crippen LogP contribution in [-0.4, -0.2) is 36.9 Å². The number of carbonyl (C=O) groups is 1. The van der Waals surface area contributed by atoms with Gasteiger partial charge >= 0.3 is 5.97 Å². The monoisotopic (exact) mass is 361 g/mol. The normalized spacial score (nSPS) is 23.9. The van der Waals surface area contributed by atoms with Crippen LogP contribution in [0.5, 0.6) is 0 Å². The molecule has 20 heavy (non-hydrogen) atoms. The van der Waals surface area contributed by atoms with Gasteiger partial charge in [0, 0.05) is 17.6 Å². The smallest absolute Gasteiger partial charge is 0.336 e. The number of hydrogen-bond acceptors (Lipinski definition) is 3. The third kappa shape index (κ3) is 2.75. The molecule has 0 amide bonds. The van der Waals surface area contributed by atoms with Crippen LogP contribution in [0.1, 0.15) is 24.2 Å². The molecule has 1 aliphatic rings. The lowest BCUT2D eigenvalue weighted by Crippen LogP contribution is -2.29. The Bertz CT molecular complexity index is 634. The van der Waals surface area contributed by atoms with E-state index in [1.54, 1.807) is 0 Å². The van der Waals surface area contributed by atoms with Crippen molar-refractivity contribution >= 4 is 31.9 Å². The van der Waals surface area contributed by atoms with Gasteiger partial charge in [0.2, 0.25) is 10.0 Å². The second-order valence-electron chi connectivity index (χ2n) is 5.22. The van der Waals surface area contributed by atoms with E-state index in [0.29, 0.717) is 29.4 Å². The van der Waals surface area contributed by atoms with Crippen molar-refractivity contribution in [3.8, 4) is 0 Å². The summed E-state index contributed by atoms with van der Waals surface area (Å²) in [5.41, 5.74) is -0.0497. The number of nitrogens with zero attached hydrogens (tertiary/aromatic N) is 1. The average molecular weight is 362 g/mol. The predicted octanol–water partition coefficient (Wildman–Crippen LogP) is 2.42. The first-order chi connectivity index (χ1) is 9.23. The molecule has 0 radical (unpaired) electrons. The summed E-state index contributed by atoms with van der Waals surface area (Å²) in [4.78, 5) is 11.1.